The Balaban J connectivity index is 1.38. The van der Waals surface area contributed by atoms with E-state index in [4.69, 9.17) is 19.6 Å². The highest BCUT2D eigenvalue weighted by atomic mass is 16.5. The first-order valence-corrected chi connectivity index (χ1v) is 11.2. The smallest absolute Gasteiger partial charge is 0.341 e. The second-order valence-corrected chi connectivity index (χ2v) is 8.18. The van der Waals surface area contributed by atoms with E-state index in [9.17, 15) is 4.79 Å². The molecule has 3 aromatic rings. The third kappa shape index (κ3) is 6.29. The summed E-state index contributed by atoms with van der Waals surface area (Å²) in [5, 5.41) is 8.87. The van der Waals surface area contributed by atoms with Gasteiger partial charge >= 0.3 is 5.97 Å². The van der Waals surface area contributed by atoms with Gasteiger partial charge < -0.3 is 19.6 Å². The molecule has 4 rings (SSSR count). The maximum atomic E-state index is 10.8. The normalized spacial score (nSPS) is 16.5. The monoisotopic (exact) mass is 451 g/mol. The van der Waals surface area contributed by atoms with Crippen molar-refractivity contribution in [2.75, 3.05) is 26.3 Å². The number of carbonyl (C=O) groups is 1. The van der Waals surface area contributed by atoms with Crippen molar-refractivity contribution in [3.8, 4) is 23.0 Å². The number of rotatable bonds is 10. The molecule has 9 heteroatoms. The van der Waals surface area contributed by atoms with Gasteiger partial charge in [-0.2, -0.15) is 0 Å². The summed E-state index contributed by atoms with van der Waals surface area (Å²) in [6.07, 6.45) is 10.2. The molecule has 1 aromatic carbocycles. The van der Waals surface area contributed by atoms with Gasteiger partial charge in [0.15, 0.2) is 23.9 Å². The van der Waals surface area contributed by atoms with E-state index in [1.165, 1.54) is 0 Å². The Bertz CT molecular complexity index is 1060. The lowest BCUT2D eigenvalue weighted by molar-refractivity contribution is -0.139. The maximum Gasteiger partial charge on any atom is 0.341 e. The highest BCUT2D eigenvalue weighted by Crippen LogP contribution is 2.30. The van der Waals surface area contributed by atoms with Crippen LogP contribution < -0.4 is 9.47 Å². The molecule has 33 heavy (non-hydrogen) atoms. The van der Waals surface area contributed by atoms with Crippen molar-refractivity contribution in [3.05, 3.63) is 54.2 Å². The van der Waals surface area contributed by atoms with Crippen LogP contribution in [0.3, 0.4) is 0 Å². The van der Waals surface area contributed by atoms with E-state index >= 15 is 0 Å². The van der Waals surface area contributed by atoms with Crippen LogP contribution in [-0.2, 0) is 17.8 Å². The molecule has 1 atom stereocenters. The molecule has 1 saturated heterocycles. The predicted molar refractivity (Wildman–Crippen MR) is 122 cm³/mol. The first-order valence-electron chi connectivity index (χ1n) is 11.2. The molecule has 0 aliphatic carbocycles. The van der Waals surface area contributed by atoms with Crippen LogP contribution in [0.4, 0.5) is 0 Å². The third-order valence-corrected chi connectivity index (χ3v) is 5.59. The summed E-state index contributed by atoms with van der Waals surface area (Å²) in [5.41, 5.74) is 2.86. The largest absolute Gasteiger partial charge is 0.490 e. The molecular formula is C24H29N5O4. The Labute approximate surface area is 192 Å². The number of aromatic nitrogens is 4. The van der Waals surface area contributed by atoms with E-state index in [2.05, 4.69) is 19.9 Å². The lowest BCUT2D eigenvalue weighted by Crippen LogP contribution is -2.35. The van der Waals surface area contributed by atoms with E-state index in [-0.39, 0.29) is 0 Å². The van der Waals surface area contributed by atoms with Crippen LogP contribution >= 0.6 is 0 Å². The molecule has 2 N–H and O–H groups in total. The van der Waals surface area contributed by atoms with Crippen LogP contribution in [0.1, 0.15) is 31.0 Å². The number of nitrogens with zero attached hydrogens (tertiary/aromatic N) is 4. The number of piperidine rings is 1. The second-order valence-electron chi connectivity index (χ2n) is 8.18. The molecule has 0 spiro atoms. The zero-order chi connectivity index (χ0) is 23.0. The summed E-state index contributed by atoms with van der Waals surface area (Å²) >= 11 is 0. The van der Waals surface area contributed by atoms with Gasteiger partial charge in [-0.3, -0.25) is 9.88 Å². The van der Waals surface area contributed by atoms with Gasteiger partial charge in [0.25, 0.3) is 0 Å². The summed E-state index contributed by atoms with van der Waals surface area (Å²) in [5.74, 6) is 1.25. The molecule has 0 unspecified atom stereocenters. The van der Waals surface area contributed by atoms with E-state index in [0.29, 0.717) is 24.0 Å². The van der Waals surface area contributed by atoms with Crippen molar-refractivity contribution >= 4 is 5.97 Å². The summed E-state index contributed by atoms with van der Waals surface area (Å²) in [6.45, 7) is 4.80. The topological polar surface area (TPSA) is 113 Å². The van der Waals surface area contributed by atoms with Crippen LogP contribution in [0.2, 0.25) is 0 Å². The number of nitrogens with one attached hydrogen (secondary N) is 1. The van der Waals surface area contributed by atoms with E-state index < -0.39 is 12.6 Å². The molecule has 3 heterocycles. The molecule has 1 aliphatic rings. The van der Waals surface area contributed by atoms with Gasteiger partial charge in [0, 0.05) is 31.7 Å². The van der Waals surface area contributed by atoms with Gasteiger partial charge in [-0.05, 0) is 56.3 Å². The summed E-state index contributed by atoms with van der Waals surface area (Å²) < 4.78 is 11.0. The number of imidazole rings is 1. The van der Waals surface area contributed by atoms with Crippen LogP contribution in [0.5, 0.6) is 11.5 Å². The summed E-state index contributed by atoms with van der Waals surface area (Å²) in [6, 6.07) is 5.71. The Morgan fingerprint density at radius 3 is 2.97 bits per heavy atom. The zero-order valence-corrected chi connectivity index (χ0v) is 18.7. The highest BCUT2D eigenvalue weighted by molar-refractivity contribution is 5.68. The Morgan fingerprint density at radius 2 is 2.18 bits per heavy atom. The number of ether oxygens (including phenoxy) is 2. The molecule has 0 amide bonds. The number of hydrogen-bond donors (Lipinski definition) is 2. The third-order valence-electron chi connectivity index (χ3n) is 5.59. The first kappa shape index (κ1) is 22.7. The average molecular weight is 452 g/mol. The van der Waals surface area contributed by atoms with Gasteiger partial charge in [0.1, 0.15) is 5.69 Å². The van der Waals surface area contributed by atoms with Crippen LogP contribution in [0, 0.1) is 5.92 Å². The number of carboxylic acid groups (broad SMARTS) is 1. The van der Waals surface area contributed by atoms with Gasteiger partial charge in [-0.1, -0.05) is 6.07 Å². The number of carboxylic acids is 1. The van der Waals surface area contributed by atoms with Crippen molar-refractivity contribution in [2.24, 2.45) is 5.92 Å². The number of aromatic amines is 1. The molecular weight excluding hydrogens is 422 g/mol. The maximum absolute atomic E-state index is 10.8. The van der Waals surface area contributed by atoms with Gasteiger partial charge in [-0.15, -0.1) is 0 Å². The zero-order valence-electron chi connectivity index (χ0n) is 18.7. The van der Waals surface area contributed by atoms with Crippen LogP contribution in [-0.4, -0.2) is 62.2 Å². The average Bonchev–Trinajstić information content (AvgIpc) is 3.34. The molecule has 0 bridgehead atoms. The standard InChI is InChI=1S/C24H29N5O4/c1-2-32-22-11-18(5-6-21(22)33-16-23(30)31)15-29-9-3-4-17(14-29)10-19-12-25-13-20(28-19)24-26-7-8-27-24/h5-8,11-13,17H,2-4,9-10,14-16H2,1H3,(H,26,27)(H,30,31)/t17-/m1/s1. The van der Waals surface area contributed by atoms with Gasteiger partial charge in [0.2, 0.25) is 0 Å². The fourth-order valence-corrected chi connectivity index (χ4v) is 4.22. The van der Waals surface area contributed by atoms with Crippen molar-refractivity contribution in [2.45, 2.75) is 32.7 Å². The molecule has 9 nitrogen and oxygen atoms in total. The Kier molecular flexibility index (Phi) is 7.51. The molecule has 1 aliphatic heterocycles. The minimum atomic E-state index is -1.01. The number of hydrogen-bond acceptors (Lipinski definition) is 7. The van der Waals surface area contributed by atoms with E-state index in [1.54, 1.807) is 24.7 Å². The number of likely N-dealkylation sites (tertiary alicyclic amines) is 1. The van der Waals surface area contributed by atoms with Crippen molar-refractivity contribution in [1.29, 1.82) is 0 Å². The summed E-state index contributed by atoms with van der Waals surface area (Å²) in [4.78, 5) is 29.7. The second kappa shape index (κ2) is 10.9. The van der Waals surface area contributed by atoms with Crippen LogP contribution in [0.25, 0.3) is 11.5 Å². The van der Waals surface area contributed by atoms with Crippen molar-refractivity contribution in [1.82, 2.24) is 24.8 Å². The lowest BCUT2D eigenvalue weighted by Gasteiger charge is -2.32. The number of H-pyrrole nitrogens is 1. The van der Waals surface area contributed by atoms with Gasteiger partial charge in [-0.25, -0.2) is 14.8 Å². The van der Waals surface area contributed by atoms with Crippen LogP contribution in [0.15, 0.2) is 43.0 Å². The van der Waals surface area contributed by atoms with Gasteiger partial charge in [0.05, 0.1) is 18.5 Å². The molecule has 174 valence electrons. The predicted octanol–water partition coefficient (Wildman–Crippen LogP) is 3.18. The highest BCUT2D eigenvalue weighted by Gasteiger charge is 2.22. The lowest BCUT2D eigenvalue weighted by atomic mass is 9.93. The SMILES string of the molecule is CCOc1cc(CN2CCC[C@H](Cc3cncc(-c4ncc[nH]4)n3)C2)ccc1OCC(=O)O. The molecule has 1 fully saturated rings. The molecule has 0 saturated carbocycles. The Morgan fingerprint density at radius 1 is 1.27 bits per heavy atom. The van der Waals surface area contributed by atoms with E-state index in [0.717, 1.165) is 61.7 Å². The van der Waals surface area contributed by atoms with Crippen molar-refractivity contribution < 1.29 is 19.4 Å². The summed E-state index contributed by atoms with van der Waals surface area (Å²) in [7, 11) is 0. The van der Waals surface area contributed by atoms with Crippen molar-refractivity contribution in [3.63, 3.8) is 0 Å². The number of benzene rings is 1. The van der Waals surface area contributed by atoms with E-state index in [1.807, 2.05) is 25.3 Å². The quantitative estimate of drug-likeness (QED) is 0.483. The fraction of sp³-hybridized carbons (Fsp3) is 0.417. The number of aliphatic carboxylic acids is 1. The molecule has 0 radical (unpaired) electrons. The Hall–Kier alpha value is -3.46. The fourth-order valence-electron chi connectivity index (χ4n) is 4.22. The minimum Gasteiger partial charge on any atom is -0.490 e. The first-order chi connectivity index (χ1) is 16.1. The minimum absolute atomic E-state index is 0.392. The molecule has 2 aromatic heterocycles.